The molecular formula is C16H25NO2. The number of nitrogens with zero attached hydrogens (tertiary/aromatic N) is 1. The van der Waals surface area contributed by atoms with Crippen molar-refractivity contribution in [1.29, 1.82) is 0 Å². The minimum absolute atomic E-state index is 0.136. The van der Waals surface area contributed by atoms with Crippen LogP contribution in [0.25, 0.3) is 0 Å². The highest BCUT2D eigenvalue weighted by atomic mass is 16.6. The van der Waals surface area contributed by atoms with Gasteiger partial charge in [0.05, 0.1) is 0 Å². The molecule has 1 unspecified atom stereocenters. The number of benzene rings is 1. The highest BCUT2D eigenvalue weighted by Gasteiger charge is 2.24. The van der Waals surface area contributed by atoms with Crippen LogP contribution in [0.1, 0.15) is 51.8 Å². The summed E-state index contributed by atoms with van der Waals surface area (Å²) in [4.78, 5) is 14.0. The number of hydrogen-bond donors (Lipinski definition) is 0. The molecule has 1 amide bonds. The van der Waals surface area contributed by atoms with Crippen LogP contribution in [0.3, 0.4) is 0 Å². The van der Waals surface area contributed by atoms with E-state index in [0.717, 1.165) is 11.1 Å². The minimum Gasteiger partial charge on any atom is -0.441 e. The first kappa shape index (κ1) is 15.5. The van der Waals surface area contributed by atoms with Crippen LogP contribution in [-0.4, -0.2) is 23.1 Å². The van der Waals surface area contributed by atoms with Crippen molar-refractivity contribution in [1.82, 2.24) is 4.90 Å². The standard InChI is InChI=1S/C16H25NO2/c1-11(2)17(12(3)4)16(18)19-14(6)15-10-8-7-9-13(15)5/h7-12,14H,1-6H3. The highest BCUT2D eigenvalue weighted by molar-refractivity contribution is 5.68. The summed E-state index contributed by atoms with van der Waals surface area (Å²) in [7, 11) is 0. The number of aryl methyl sites for hydroxylation is 1. The average molecular weight is 263 g/mol. The maximum Gasteiger partial charge on any atom is 0.410 e. The van der Waals surface area contributed by atoms with Crippen molar-refractivity contribution < 1.29 is 9.53 Å². The van der Waals surface area contributed by atoms with Crippen molar-refractivity contribution in [3.05, 3.63) is 35.4 Å². The Morgan fingerprint density at radius 2 is 1.58 bits per heavy atom. The molecule has 3 heteroatoms. The molecule has 0 saturated heterocycles. The van der Waals surface area contributed by atoms with Crippen LogP contribution >= 0.6 is 0 Å². The van der Waals surface area contributed by atoms with Gasteiger partial charge in [-0.1, -0.05) is 24.3 Å². The molecule has 0 bridgehead atoms. The largest absolute Gasteiger partial charge is 0.441 e. The van der Waals surface area contributed by atoms with Gasteiger partial charge in [0.2, 0.25) is 0 Å². The van der Waals surface area contributed by atoms with Gasteiger partial charge in [0.25, 0.3) is 0 Å². The summed E-state index contributed by atoms with van der Waals surface area (Å²) < 4.78 is 5.59. The van der Waals surface area contributed by atoms with Crippen LogP contribution in [0.15, 0.2) is 24.3 Å². The molecule has 19 heavy (non-hydrogen) atoms. The Morgan fingerprint density at radius 3 is 2.05 bits per heavy atom. The smallest absolute Gasteiger partial charge is 0.410 e. The summed E-state index contributed by atoms with van der Waals surface area (Å²) >= 11 is 0. The van der Waals surface area contributed by atoms with Crippen LogP contribution < -0.4 is 0 Å². The molecule has 0 aliphatic rings. The molecule has 1 atom stereocenters. The van der Waals surface area contributed by atoms with Gasteiger partial charge in [-0.2, -0.15) is 0 Å². The van der Waals surface area contributed by atoms with Gasteiger partial charge in [-0.05, 0) is 52.7 Å². The van der Waals surface area contributed by atoms with Crippen molar-refractivity contribution in [3.8, 4) is 0 Å². The van der Waals surface area contributed by atoms with E-state index in [1.54, 1.807) is 4.90 Å². The summed E-state index contributed by atoms with van der Waals surface area (Å²) in [6, 6.07) is 8.26. The van der Waals surface area contributed by atoms with E-state index >= 15 is 0 Å². The van der Waals surface area contributed by atoms with E-state index in [9.17, 15) is 4.79 Å². The van der Waals surface area contributed by atoms with Gasteiger partial charge in [-0.25, -0.2) is 4.79 Å². The highest BCUT2D eigenvalue weighted by Crippen LogP contribution is 2.22. The molecule has 0 aliphatic heterocycles. The molecule has 1 rings (SSSR count). The maximum absolute atomic E-state index is 12.2. The number of ether oxygens (including phenoxy) is 1. The van der Waals surface area contributed by atoms with Gasteiger partial charge in [0, 0.05) is 12.1 Å². The zero-order valence-electron chi connectivity index (χ0n) is 12.8. The van der Waals surface area contributed by atoms with Crippen molar-refractivity contribution in [2.75, 3.05) is 0 Å². The van der Waals surface area contributed by atoms with Gasteiger partial charge < -0.3 is 9.64 Å². The summed E-state index contributed by atoms with van der Waals surface area (Å²) in [6.07, 6.45) is -0.477. The number of carbonyl (C=O) groups is 1. The second kappa shape index (κ2) is 6.60. The fraction of sp³-hybridized carbons (Fsp3) is 0.562. The van der Waals surface area contributed by atoms with Crippen LogP contribution in [0, 0.1) is 6.92 Å². The molecular weight excluding hydrogens is 238 g/mol. The molecule has 0 fully saturated rings. The van der Waals surface area contributed by atoms with Gasteiger partial charge >= 0.3 is 6.09 Å². The molecule has 1 aromatic carbocycles. The monoisotopic (exact) mass is 263 g/mol. The van der Waals surface area contributed by atoms with E-state index in [-0.39, 0.29) is 24.3 Å². The first-order chi connectivity index (χ1) is 8.84. The lowest BCUT2D eigenvalue weighted by atomic mass is 10.0. The van der Waals surface area contributed by atoms with Gasteiger partial charge in [0.15, 0.2) is 0 Å². The summed E-state index contributed by atoms with van der Waals surface area (Å²) in [6.45, 7) is 11.9. The second-order valence-electron chi connectivity index (χ2n) is 5.48. The molecule has 0 N–H and O–H groups in total. The van der Waals surface area contributed by atoms with Crippen molar-refractivity contribution in [3.63, 3.8) is 0 Å². The lowest BCUT2D eigenvalue weighted by Gasteiger charge is -2.31. The van der Waals surface area contributed by atoms with Crippen molar-refractivity contribution in [2.24, 2.45) is 0 Å². The Morgan fingerprint density at radius 1 is 1.05 bits per heavy atom. The van der Waals surface area contributed by atoms with Gasteiger partial charge in [-0.15, -0.1) is 0 Å². The molecule has 0 saturated carbocycles. The van der Waals surface area contributed by atoms with Gasteiger partial charge in [-0.3, -0.25) is 0 Å². The zero-order chi connectivity index (χ0) is 14.6. The molecule has 3 nitrogen and oxygen atoms in total. The number of amides is 1. The average Bonchev–Trinajstić information content (AvgIpc) is 2.27. The fourth-order valence-corrected chi connectivity index (χ4v) is 2.34. The third-order valence-corrected chi connectivity index (χ3v) is 3.23. The first-order valence-corrected chi connectivity index (χ1v) is 6.89. The Balaban J connectivity index is 2.79. The molecule has 1 aromatic rings. The number of rotatable bonds is 4. The third-order valence-electron chi connectivity index (χ3n) is 3.23. The van der Waals surface area contributed by atoms with Gasteiger partial charge in [0.1, 0.15) is 6.10 Å². The zero-order valence-corrected chi connectivity index (χ0v) is 12.8. The molecule has 0 aliphatic carbocycles. The Kier molecular flexibility index (Phi) is 5.40. The summed E-state index contributed by atoms with van der Waals surface area (Å²) in [5.74, 6) is 0. The van der Waals surface area contributed by atoms with Crippen molar-refractivity contribution in [2.45, 2.75) is 59.7 Å². The minimum atomic E-state index is -0.249. The van der Waals surface area contributed by atoms with Crippen LogP contribution in [0.2, 0.25) is 0 Å². The molecule has 106 valence electrons. The molecule has 0 aromatic heterocycles. The molecule has 0 radical (unpaired) electrons. The van der Waals surface area contributed by atoms with Crippen LogP contribution in [0.4, 0.5) is 4.79 Å². The summed E-state index contributed by atoms with van der Waals surface area (Å²) in [5, 5.41) is 0. The Labute approximate surface area is 116 Å². The fourth-order valence-electron chi connectivity index (χ4n) is 2.34. The molecule has 0 heterocycles. The lowest BCUT2D eigenvalue weighted by Crippen LogP contribution is -2.42. The van der Waals surface area contributed by atoms with E-state index in [4.69, 9.17) is 4.74 Å². The summed E-state index contributed by atoms with van der Waals surface area (Å²) in [5.41, 5.74) is 2.20. The predicted octanol–water partition coefficient (Wildman–Crippen LogP) is 4.31. The molecule has 0 spiro atoms. The van der Waals surface area contributed by atoms with Crippen molar-refractivity contribution >= 4 is 6.09 Å². The quantitative estimate of drug-likeness (QED) is 0.810. The topological polar surface area (TPSA) is 29.5 Å². The van der Waals surface area contributed by atoms with E-state index < -0.39 is 0 Å². The van der Waals surface area contributed by atoms with E-state index in [1.165, 1.54) is 0 Å². The lowest BCUT2D eigenvalue weighted by molar-refractivity contribution is 0.0510. The third kappa shape index (κ3) is 3.98. The van der Waals surface area contributed by atoms with E-state index in [2.05, 4.69) is 0 Å². The normalized spacial score (nSPS) is 12.6. The number of carbonyl (C=O) groups excluding carboxylic acids is 1. The number of hydrogen-bond acceptors (Lipinski definition) is 2. The maximum atomic E-state index is 12.2. The predicted molar refractivity (Wildman–Crippen MR) is 78.2 cm³/mol. The first-order valence-electron chi connectivity index (χ1n) is 6.89. The Bertz CT molecular complexity index is 419. The van der Waals surface area contributed by atoms with Crippen LogP contribution in [-0.2, 0) is 4.74 Å². The van der Waals surface area contributed by atoms with E-state index in [0.29, 0.717) is 0 Å². The van der Waals surface area contributed by atoms with Crippen LogP contribution in [0.5, 0.6) is 0 Å². The second-order valence-corrected chi connectivity index (χ2v) is 5.48. The SMILES string of the molecule is Cc1ccccc1C(C)OC(=O)N(C(C)C)C(C)C. The van der Waals surface area contributed by atoms with E-state index in [1.807, 2.05) is 65.8 Å². The Hall–Kier alpha value is -1.51.